The largest absolute Gasteiger partial charge is 0.370 e. The van der Waals surface area contributed by atoms with Gasteiger partial charge in [-0.2, -0.15) is 0 Å². The summed E-state index contributed by atoms with van der Waals surface area (Å²) < 4.78 is 0. The first-order valence-electron chi connectivity index (χ1n) is 6.12. The number of nitrogens with zero attached hydrogens (tertiary/aromatic N) is 2. The summed E-state index contributed by atoms with van der Waals surface area (Å²) in [6.45, 7) is 6.94. The number of hydrogen-bond donors (Lipinski definition) is 3. The van der Waals surface area contributed by atoms with Crippen molar-refractivity contribution in [3.63, 3.8) is 0 Å². The van der Waals surface area contributed by atoms with Gasteiger partial charge in [-0.05, 0) is 20.3 Å². The number of amides is 1. The molecule has 0 fully saturated rings. The van der Waals surface area contributed by atoms with Crippen LogP contribution < -0.4 is 16.0 Å². The number of carbonyl (C=O) groups is 1. The van der Waals surface area contributed by atoms with Crippen LogP contribution in [0.5, 0.6) is 0 Å². The van der Waals surface area contributed by atoms with E-state index in [4.69, 9.17) is 0 Å². The zero-order valence-corrected chi connectivity index (χ0v) is 11.4. The van der Waals surface area contributed by atoms with E-state index >= 15 is 0 Å². The number of likely N-dealkylation sites (N-methyl/N-ethyl adjacent to an activating group) is 1. The van der Waals surface area contributed by atoms with E-state index in [1.165, 1.54) is 0 Å². The predicted molar refractivity (Wildman–Crippen MR) is 72.8 cm³/mol. The molecule has 6 heteroatoms. The van der Waals surface area contributed by atoms with Crippen LogP contribution in [0.2, 0.25) is 0 Å². The lowest BCUT2D eigenvalue weighted by molar-refractivity contribution is -0.118. The summed E-state index contributed by atoms with van der Waals surface area (Å²) in [5.41, 5.74) is 0.929. The highest BCUT2D eigenvalue weighted by atomic mass is 16.1. The van der Waals surface area contributed by atoms with Crippen LogP contribution in [0, 0.1) is 13.8 Å². The molecule has 0 atom stereocenters. The molecule has 0 aromatic carbocycles. The minimum absolute atomic E-state index is 0.0752. The first-order chi connectivity index (χ1) is 8.58. The molecule has 1 aromatic rings. The molecule has 1 aromatic heterocycles. The molecule has 0 spiro atoms. The van der Waals surface area contributed by atoms with Crippen LogP contribution in [0.25, 0.3) is 0 Å². The molecule has 18 heavy (non-hydrogen) atoms. The van der Waals surface area contributed by atoms with Gasteiger partial charge in [-0.25, -0.2) is 9.97 Å². The van der Waals surface area contributed by atoms with Crippen LogP contribution in [-0.2, 0) is 4.79 Å². The third-order valence-corrected chi connectivity index (χ3v) is 2.50. The van der Waals surface area contributed by atoms with Gasteiger partial charge in [0.1, 0.15) is 17.5 Å². The lowest BCUT2D eigenvalue weighted by Crippen LogP contribution is -2.27. The zero-order chi connectivity index (χ0) is 13.5. The van der Waals surface area contributed by atoms with Gasteiger partial charge in [0.15, 0.2) is 0 Å². The SMILES string of the molecule is CCCNc1nc(C)nc(NCC(=O)NC)c1C. The average Bonchev–Trinajstić information content (AvgIpc) is 2.37. The molecule has 0 aliphatic heterocycles. The summed E-state index contributed by atoms with van der Waals surface area (Å²) in [7, 11) is 1.61. The summed E-state index contributed by atoms with van der Waals surface area (Å²) in [6.07, 6.45) is 1.03. The van der Waals surface area contributed by atoms with Crippen molar-refractivity contribution in [2.24, 2.45) is 0 Å². The Kier molecular flexibility index (Phi) is 5.35. The third-order valence-electron chi connectivity index (χ3n) is 2.50. The lowest BCUT2D eigenvalue weighted by Gasteiger charge is -2.13. The van der Waals surface area contributed by atoms with E-state index in [9.17, 15) is 4.79 Å². The van der Waals surface area contributed by atoms with Gasteiger partial charge in [-0.3, -0.25) is 4.79 Å². The van der Waals surface area contributed by atoms with Crippen LogP contribution >= 0.6 is 0 Å². The third kappa shape index (κ3) is 3.87. The van der Waals surface area contributed by atoms with Gasteiger partial charge >= 0.3 is 0 Å². The first-order valence-corrected chi connectivity index (χ1v) is 6.12. The van der Waals surface area contributed by atoms with Crippen LogP contribution in [-0.4, -0.2) is 36.0 Å². The highest BCUT2D eigenvalue weighted by Crippen LogP contribution is 2.19. The Labute approximate surface area is 108 Å². The smallest absolute Gasteiger partial charge is 0.239 e. The van der Waals surface area contributed by atoms with Gasteiger partial charge in [0.25, 0.3) is 0 Å². The Bertz CT molecular complexity index is 419. The molecule has 1 heterocycles. The van der Waals surface area contributed by atoms with E-state index in [-0.39, 0.29) is 12.5 Å². The Hall–Kier alpha value is -1.85. The van der Waals surface area contributed by atoms with Crippen molar-refractivity contribution in [1.29, 1.82) is 0 Å². The topological polar surface area (TPSA) is 78.9 Å². The number of anilines is 2. The number of nitrogens with one attached hydrogen (secondary N) is 3. The lowest BCUT2D eigenvalue weighted by atomic mass is 10.3. The van der Waals surface area contributed by atoms with E-state index in [1.54, 1.807) is 7.05 Å². The molecular weight excluding hydrogens is 230 g/mol. The molecule has 0 saturated heterocycles. The molecule has 3 N–H and O–H groups in total. The van der Waals surface area contributed by atoms with Crippen LogP contribution in [0.3, 0.4) is 0 Å². The van der Waals surface area contributed by atoms with E-state index in [0.29, 0.717) is 11.6 Å². The number of rotatable bonds is 6. The maximum atomic E-state index is 11.2. The maximum Gasteiger partial charge on any atom is 0.239 e. The fraction of sp³-hybridized carbons (Fsp3) is 0.583. The fourth-order valence-electron chi connectivity index (χ4n) is 1.47. The molecule has 100 valence electrons. The minimum atomic E-state index is -0.0752. The van der Waals surface area contributed by atoms with E-state index in [1.807, 2.05) is 13.8 Å². The van der Waals surface area contributed by atoms with Crippen molar-refractivity contribution in [3.8, 4) is 0 Å². The molecule has 0 saturated carbocycles. The van der Waals surface area contributed by atoms with Crippen LogP contribution in [0.4, 0.5) is 11.6 Å². The Morgan fingerprint density at radius 2 is 1.78 bits per heavy atom. The molecule has 6 nitrogen and oxygen atoms in total. The highest BCUT2D eigenvalue weighted by molar-refractivity contribution is 5.80. The van der Waals surface area contributed by atoms with Gasteiger partial charge in [0.05, 0.1) is 6.54 Å². The molecule has 0 aliphatic rings. The standard InChI is InChI=1S/C12H21N5O/c1-5-6-14-11-8(2)12(17-9(3)16-11)15-7-10(18)13-4/h5-7H2,1-4H3,(H,13,18)(H2,14,15,16,17). The predicted octanol–water partition coefficient (Wildman–Crippen LogP) is 1.07. The Morgan fingerprint density at radius 3 is 2.33 bits per heavy atom. The fourth-order valence-corrected chi connectivity index (χ4v) is 1.47. The highest BCUT2D eigenvalue weighted by Gasteiger charge is 2.09. The Balaban J connectivity index is 2.83. The number of aryl methyl sites for hydroxylation is 1. The zero-order valence-electron chi connectivity index (χ0n) is 11.4. The minimum Gasteiger partial charge on any atom is -0.370 e. The van der Waals surface area contributed by atoms with E-state index < -0.39 is 0 Å². The molecule has 1 rings (SSSR count). The molecule has 0 bridgehead atoms. The van der Waals surface area contributed by atoms with Crippen molar-refractivity contribution >= 4 is 17.5 Å². The van der Waals surface area contributed by atoms with Gasteiger partial charge < -0.3 is 16.0 Å². The van der Waals surface area contributed by atoms with Gasteiger partial charge in [-0.1, -0.05) is 6.92 Å². The van der Waals surface area contributed by atoms with Crippen LogP contribution in [0.1, 0.15) is 24.7 Å². The number of aromatic nitrogens is 2. The summed E-state index contributed by atoms with van der Waals surface area (Å²) >= 11 is 0. The monoisotopic (exact) mass is 251 g/mol. The van der Waals surface area contributed by atoms with Crippen molar-refractivity contribution in [2.75, 3.05) is 30.8 Å². The number of hydrogen-bond acceptors (Lipinski definition) is 5. The van der Waals surface area contributed by atoms with Crippen molar-refractivity contribution in [3.05, 3.63) is 11.4 Å². The van der Waals surface area contributed by atoms with Crippen molar-refractivity contribution < 1.29 is 4.79 Å². The quantitative estimate of drug-likeness (QED) is 0.705. The second-order valence-electron chi connectivity index (χ2n) is 4.05. The molecular formula is C12H21N5O. The van der Waals surface area contributed by atoms with Gasteiger partial charge in [0, 0.05) is 19.2 Å². The second kappa shape index (κ2) is 6.78. The van der Waals surface area contributed by atoms with Crippen LogP contribution in [0.15, 0.2) is 0 Å². The molecule has 0 radical (unpaired) electrons. The van der Waals surface area contributed by atoms with Crippen molar-refractivity contribution in [1.82, 2.24) is 15.3 Å². The molecule has 0 unspecified atom stereocenters. The van der Waals surface area contributed by atoms with E-state index in [2.05, 4.69) is 32.8 Å². The second-order valence-corrected chi connectivity index (χ2v) is 4.05. The number of carbonyl (C=O) groups excluding carboxylic acids is 1. The Morgan fingerprint density at radius 1 is 1.17 bits per heavy atom. The van der Waals surface area contributed by atoms with Crippen molar-refractivity contribution in [2.45, 2.75) is 27.2 Å². The summed E-state index contributed by atoms with van der Waals surface area (Å²) in [5.74, 6) is 2.13. The summed E-state index contributed by atoms with van der Waals surface area (Å²) in [5, 5.41) is 8.83. The van der Waals surface area contributed by atoms with Gasteiger partial charge in [0.2, 0.25) is 5.91 Å². The maximum absolute atomic E-state index is 11.2. The average molecular weight is 251 g/mol. The molecule has 1 amide bonds. The van der Waals surface area contributed by atoms with E-state index in [0.717, 1.165) is 24.3 Å². The first kappa shape index (κ1) is 14.2. The normalized spacial score (nSPS) is 10.0. The summed E-state index contributed by atoms with van der Waals surface area (Å²) in [6, 6.07) is 0. The van der Waals surface area contributed by atoms with Gasteiger partial charge in [-0.15, -0.1) is 0 Å². The summed E-state index contributed by atoms with van der Waals surface area (Å²) in [4.78, 5) is 19.9. The molecule has 0 aliphatic carbocycles.